The van der Waals surface area contributed by atoms with Crippen molar-refractivity contribution < 1.29 is 4.79 Å². The van der Waals surface area contributed by atoms with Crippen molar-refractivity contribution in [3.05, 3.63) is 65.7 Å². The number of amides is 1. The van der Waals surface area contributed by atoms with E-state index in [-0.39, 0.29) is 18.3 Å². The Morgan fingerprint density at radius 3 is 2.15 bits per heavy atom. The monoisotopic (exact) mass is 290 g/mol. The first-order chi connectivity index (χ1) is 9.09. The van der Waals surface area contributed by atoms with Crippen LogP contribution in [0, 0.1) is 6.92 Å². The first kappa shape index (κ1) is 16.2. The molecule has 1 atom stereocenters. The molecule has 2 N–H and O–H groups in total. The molecule has 0 spiro atoms. The molecular formula is C16H19ClN2O. The number of carbonyl (C=O) groups excluding carboxylic acids is 1. The molecule has 106 valence electrons. The zero-order valence-electron chi connectivity index (χ0n) is 11.6. The molecule has 0 radical (unpaired) electrons. The van der Waals surface area contributed by atoms with Gasteiger partial charge in [0.05, 0.1) is 0 Å². The third-order valence-corrected chi connectivity index (χ3v) is 3.18. The lowest BCUT2D eigenvalue weighted by molar-refractivity contribution is -0.119. The molecule has 1 unspecified atom stereocenters. The topological polar surface area (TPSA) is 46.3 Å². The highest BCUT2D eigenvalue weighted by Crippen LogP contribution is 2.18. The maximum atomic E-state index is 12.3. The molecule has 3 nitrogen and oxygen atoms in total. The molecule has 0 fully saturated rings. The largest absolute Gasteiger partial charge is 0.316 e. The number of benzene rings is 2. The molecule has 0 aliphatic rings. The molecule has 0 saturated carbocycles. The molecule has 1 amide bonds. The highest BCUT2D eigenvalue weighted by atomic mass is 35.5. The van der Waals surface area contributed by atoms with E-state index in [1.807, 2.05) is 61.5 Å². The van der Waals surface area contributed by atoms with Crippen LogP contribution in [-0.4, -0.2) is 13.0 Å². The number of anilines is 1. The van der Waals surface area contributed by atoms with Gasteiger partial charge in [-0.2, -0.15) is 0 Å². The minimum absolute atomic E-state index is 0. The van der Waals surface area contributed by atoms with Gasteiger partial charge in [0.15, 0.2) is 0 Å². The number of likely N-dealkylation sites (N-methyl/N-ethyl adjacent to an activating group) is 1. The van der Waals surface area contributed by atoms with Gasteiger partial charge in [0.25, 0.3) is 0 Å². The molecular weight excluding hydrogens is 272 g/mol. The number of nitrogens with zero attached hydrogens (tertiary/aromatic N) is 1. The number of hydrogen-bond acceptors (Lipinski definition) is 2. The van der Waals surface area contributed by atoms with Crippen molar-refractivity contribution in [3.63, 3.8) is 0 Å². The van der Waals surface area contributed by atoms with E-state index in [9.17, 15) is 4.79 Å². The second kappa shape index (κ2) is 7.08. The highest BCUT2D eigenvalue weighted by molar-refractivity contribution is 5.97. The third kappa shape index (κ3) is 3.59. The van der Waals surface area contributed by atoms with Crippen molar-refractivity contribution in [2.75, 3.05) is 11.9 Å². The standard InChI is InChI=1S/C16H18N2O.ClH/c1-12-8-10-14(11-9-12)18(2)16(19)15(17)13-6-4-3-5-7-13;/h3-11,15H,17H2,1-2H3;1H. The van der Waals surface area contributed by atoms with Crippen LogP contribution < -0.4 is 10.6 Å². The van der Waals surface area contributed by atoms with Crippen molar-refractivity contribution in [1.29, 1.82) is 0 Å². The predicted molar refractivity (Wildman–Crippen MR) is 85.2 cm³/mol. The maximum absolute atomic E-state index is 12.3. The fourth-order valence-electron chi connectivity index (χ4n) is 1.91. The molecule has 0 bridgehead atoms. The van der Waals surface area contributed by atoms with Gasteiger partial charge < -0.3 is 10.6 Å². The maximum Gasteiger partial charge on any atom is 0.248 e. The minimum Gasteiger partial charge on any atom is -0.316 e. The van der Waals surface area contributed by atoms with E-state index in [4.69, 9.17) is 5.73 Å². The average molecular weight is 291 g/mol. The molecule has 0 saturated heterocycles. The lowest BCUT2D eigenvalue weighted by Crippen LogP contribution is -2.35. The molecule has 4 heteroatoms. The van der Waals surface area contributed by atoms with Crippen molar-refractivity contribution in [1.82, 2.24) is 0 Å². The van der Waals surface area contributed by atoms with Crippen LogP contribution >= 0.6 is 12.4 Å². The lowest BCUT2D eigenvalue weighted by Gasteiger charge is -2.21. The summed E-state index contributed by atoms with van der Waals surface area (Å²) in [5.74, 6) is -0.116. The van der Waals surface area contributed by atoms with Crippen molar-refractivity contribution >= 4 is 24.0 Å². The summed E-state index contributed by atoms with van der Waals surface area (Å²) in [5.41, 5.74) is 8.85. The normalized spacial score (nSPS) is 11.3. The van der Waals surface area contributed by atoms with Gasteiger partial charge in [-0.1, -0.05) is 48.0 Å². The quantitative estimate of drug-likeness (QED) is 0.944. The molecule has 2 rings (SSSR count). The minimum atomic E-state index is -0.632. The number of aryl methyl sites for hydroxylation is 1. The summed E-state index contributed by atoms with van der Waals surface area (Å²) in [6.07, 6.45) is 0. The van der Waals surface area contributed by atoms with Gasteiger partial charge >= 0.3 is 0 Å². The predicted octanol–water partition coefficient (Wildman–Crippen LogP) is 3.08. The molecule has 2 aromatic rings. The van der Waals surface area contributed by atoms with Crippen LogP contribution in [0.5, 0.6) is 0 Å². The smallest absolute Gasteiger partial charge is 0.248 e. The van der Waals surface area contributed by atoms with E-state index in [0.29, 0.717) is 0 Å². The molecule has 20 heavy (non-hydrogen) atoms. The first-order valence-corrected chi connectivity index (χ1v) is 6.24. The van der Waals surface area contributed by atoms with Crippen LogP contribution in [0.15, 0.2) is 54.6 Å². The van der Waals surface area contributed by atoms with Crippen LogP contribution in [0.2, 0.25) is 0 Å². The lowest BCUT2D eigenvalue weighted by atomic mass is 10.1. The van der Waals surface area contributed by atoms with Crippen LogP contribution in [0.4, 0.5) is 5.69 Å². The van der Waals surface area contributed by atoms with E-state index < -0.39 is 6.04 Å². The van der Waals surface area contributed by atoms with E-state index in [1.54, 1.807) is 11.9 Å². The summed E-state index contributed by atoms with van der Waals surface area (Å²) in [6.45, 7) is 2.02. The third-order valence-electron chi connectivity index (χ3n) is 3.18. The van der Waals surface area contributed by atoms with Crippen molar-refractivity contribution in [2.45, 2.75) is 13.0 Å². The van der Waals surface area contributed by atoms with E-state index >= 15 is 0 Å². The summed E-state index contributed by atoms with van der Waals surface area (Å²) >= 11 is 0. The van der Waals surface area contributed by atoms with Crippen molar-refractivity contribution in [3.8, 4) is 0 Å². The van der Waals surface area contributed by atoms with Gasteiger partial charge in [-0.25, -0.2) is 0 Å². The number of hydrogen-bond donors (Lipinski definition) is 1. The molecule has 0 aromatic heterocycles. The highest BCUT2D eigenvalue weighted by Gasteiger charge is 2.20. The Labute approximate surface area is 125 Å². The number of halogens is 1. The van der Waals surface area contributed by atoms with Gasteiger partial charge in [-0.05, 0) is 24.6 Å². The fourth-order valence-corrected chi connectivity index (χ4v) is 1.91. The summed E-state index contributed by atoms with van der Waals surface area (Å²) in [6, 6.07) is 16.6. The summed E-state index contributed by atoms with van der Waals surface area (Å²) in [7, 11) is 1.75. The Hall–Kier alpha value is -1.84. The van der Waals surface area contributed by atoms with Gasteiger partial charge in [-0.15, -0.1) is 12.4 Å². The molecule has 0 aliphatic carbocycles. The van der Waals surface area contributed by atoms with Gasteiger partial charge in [0, 0.05) is 12.7 Å². The zero-order chi connectivity index (χ0) is 13.8. The van der Waals surface area contributed by atoms with Crippen LogP contribution in [-0.2, 0) is 4.79 Å². The zero-order valence-corrected chi connectivity index (χ0v) is 12.4. The fraction of sp³-hybridized carbons (Fsp3) is 0.188. The Bertz CT molecular complexity index is 554. The average Bonchev–Trinajstić information content (AvgIpc) is 2.46. The van der Waals surface area contributed by atoms with Gasteiger partial charge in [-0.3, -0.25) is 4.79 Å². The van der Waals surface area contributed by atoms with E-state index in [1.165, 1.54) is 0 Å². The van der Waals surface area contributed by atoms with Crippen LogP contribution in [0.3, 0.4) is 0 Å². The van der Waals surface area contributed by atoms with Gasteiger partial charge in [0.2, 0.25) is 5.91 Å². The number of nitrogens with two attached hydrogens (primary N) is 1. The Morgan fingerprint density at radius 1 is 1.05 bits per heavy atom. The van der Waals surface area contributed by atoms with Crippen molar-refractivity contribution in [2.24, 2.45) is 5.73 Å². The Morgan fingerprint density at radius 2 is 1.60 bits per heavy atom. The molecule has 0 heterocycles. The van der Waals surface area contributed by atoms with Crippen LogP contribution in [0.25, 0.3) is 0 Å². The summed E-state index contributed by atoms with van der Waals surface area (Å²) in [5, 5.41) is 0. The van der Waals surface area contributed by atoms with Gasteiger partial charge in [0.1, 0.15) is 6.04 Å². The molecule has 2 aromatic carbocycles. The second-order valence-corrected chi connectivity index (χ2v) is 4.62. The van der Waals surface area contributed by atoms with E-state index in [2.05, 4.69) is 0 Å². The number of carbonyl (C=O) groups is 1. The first-order valence-electron chi connectivity index (χ1n) is 6.24. The Kier molecular flexibility index (Phi) is 5.74. The summed E-state index contributed by atoms with van der Waals surface area (Å²) < 4.78 is 0. The molecule has 0 aliphatic heterocycles. The van der Waals surface area contributed by atoms with Crippen LogP contribution in [0.1, 0.15) is 17.2 Å². The summed E-state index contributed by atoms with van der Waals surface area (Å²) in [4.78, 5) is 13.9. The Balaban J connectivity index is 0.00000200. The SMILES string of the molecule is Cc1ccc(N(C)C(=O)C(N)c2ccccc2)cc1.Cl. The number of rotatable bonds is 3. The second-order valence-electron chi connectivity index (χ2n) is 4.62. The van der Waals surface area contributed by atoms with E-state index in [0.717, 1.165) is 16.8 Å².